The normalized spacial score (nSPS) is 10.6. The molecular formula is C15H17FIN5S. The zero-order valence-electron chi connectivity index (χ0n) is 12.8. The molecule has 0 bridgehead atoms. The van der Waals surface area contributed by atoms with Gasteiger partial charge in [-0.2, -0.15) is 5.26 Å². The summed E-state index contributed by atoms with van der Waals surface area (Å²) in [6.45, 7) is 2.85. The summed E-state index contributed by atoms with van der Waals surface area (Å²) in [5.74, 6) is 0.161. The Morgan fingerprint density at radius 2 is 2.13 bits per heavy atom. The van der Waals surface area contributed by atoms with Crippen molar-refractivity contribution in [3.8, 4) is 6.07 Å². The Bertz CT molecular complexity index is 723. The average Bonchev–Trinajstić information content (AvgIpc) is 2.94. The van der Waals surface area contributed by atoms with E-state index in [1.165, 1.54) is 6.07 Å². The first-order valence-electron chi connectivity index (χ1n) is 6.66. The molecule has 0 saturated heterocycles. The van der Waals surface area contributed by atoms with Gasteiger partial charge in [-0.05, 0) is 19.1 Å². The molecule has 0 aliphatic rings. The molecule has 0 spiro atoms. The number of rotatable bonds is 4. The van der Waals surface area contributed by atoms with Crippen LogP contribution in [-0.4, -0.2) is 18.0 Å². The highest BCUT2D eigenvalue weighted by Crippen LogP contribution is 2.11. The lowest BCUT2D eigenvalue weighted by atomic mass is 10.1. The monoisotopic (exact) mass is 445 g/mol. The SMILES string of the molecule is CN=C(NCc1ncc(C)s1)NCc1ccc(C#N)cc1F.I. The van der Waals surface area contributed by atoms with E-state index in [-0.39, 0.29) is 30.5 Å². The van der Waals surface area contributed by atoms with E-state index in [0.717, 1.165) is 9.88 Å². The molecule has 0 aliphatic carbocycles. The van der Waals surface area contributed by atoms with Crippen molar-refractivity contribution in [2.24, 2.45) is 4.99 Å². The lowest BCUT2D eigenvalue weighted by molar-refractivity contribution is 0.604. The summed E-state index contributed by atoms with van der Waals surface area (Å²) in [6, 6.07) is 6.32. The van der Waals surface area contributed by atoms with Gasteiger partial charge in [0.1, 0.15) is 10.8 Å². The van der Waals surface area contributed by atoms with Gasteiger partial charge in [0.2, 0.25) is 0 Å². The van der Waals surface area contributed by atoms with Crippen molar-refractivity contribution in [1.82, 2.24) is 15.6 Å². The van der Waals surface area contributed by atoms with Gasteiger partial charge in [0, 0.05) is 30.2 Å². The largest absolute Gasteiger partial charge is 0.352 e. The van der Waals surface area contributed by atoms with Crippen LogP contribution in [-0.2, 0) is 13.1 Å². The van der Waals surface area contributed by atoms with E-state index in [9.17, 15) is 4.39 Å². The van der Waals surface area contributed by atoms with E-state index >= 15 is 0 Å². The Balaban J connectivity index is 0.00000264. The molecule has 2 rings (SSSR count). The first-order valence-corrected chi connectivity index (χ1v) is 7.48. The third-order valence-electron chi connectivity index (χ3n) is 2.93. The zero-order valence-corrected chi connectivity index (χ0v) is 15.9. The van der Waals surface area contributed by atoms with Gasteiger partial charge in [0.15, 0.2) is 5.96 Å². The quantitative estimate of drug-likeness (QED) is 0.431. The molecule has 0 atom stereocenters. The molecule has 1 heterocycles. The van der Waals surface area contributed by atoms with Crippen LogP contribution in [0.5, 0.6) is 0 Å². The minimum absolute atomic E-state index is 0. The number of aryl methyl sites for hydroxylation is 1. The molecule has 1 aromatic heterocycles. The third-order valence-corrected chi connectivity index (χ3v) is 3.84. The second kappa shape index (κ2) is 9.42. The number of aliphatic imine (C=N–C) groups is 1. The van der Waals surface area contributed by atoms with Crippen LogP contribution in [0.3, 0.4) is 0 Å². The molecule has 8 heteroatoms. The molecule has 0 aliphatic heterocycles. The molecular weight excluding hydrogens is 428 g/mol. The van der Waals surface area contributed by atoms with E-state index in [2.05, 4.69) is 20.6 Å². The van der Waals surface area contributed by atoms with Gasteiger partial charge in [-0.15, -0.1) is 35.3 Å². The number of hydrogen-bond donors (Lipinski definition) is 2. The van der Waals surface area contributed by atoms with Crippen LogP contribution in [0.1, 0.15) is 21.0 Å². The number of guanidine groups is 1. The number of aromatic nitrogens is 1. The average molecular weight is 445 g/mol. The highest BCUT2D eigenvalue weighted by molar-refractivity contribution is 14.0. The summed E-state index contributed by atoms with van der Waals surface area (Å²) in [7, 11) is 1.65. The second-order valence-electron chi connectivity index (χ2n) is 4.56. The fourth-order valence-corrected chi connectivity index (χ4v) is 2.53. The third kappa shape index (κ3) is 5.76. The summed E-state index contributed by atoms with van der Waals surface area (Å²) in [4.78, 5) is 9.49. The zero-order chi connectivity index (χ0) is 15.9. The molecule has 23 heavy (non-hydrogen) atoms. The Hall–Kier alpha value is -1.73. The topological polar surface area (TPSA) is 73.1 Å². The number of benzene rings is 1. The van der Waals surface area contributed by atoms with Crippen molar-refractivity contribution in [3.05, 3.63) is 51.2 Å². The van der Waals surface area contributed by atoms with E-state index in [1.54, 1.807) is 30.5 Å². The number of nitrogens with one attached hydrogen (secondary N) is 2. The lowest BCUT2D eigenvalue weighted by Crippen LogP contribution is -2.36. The van der Waals surface area contributed by atoms with Gasteiger partial charge in [0.25, 0.3) is 0 Å². The molecule has 0 fully saturated rings. The number of nitrogens with zero attached hydrogens (tertiary/aromatic N) is 3. The Labute approximate surface area is 155 Å². The van der Waals surface area contributed by atoms with Gasteiger partial charge in [-0.25, -0.2) is 9.37 Å². The molecule has 0 radical (unpaired) electrons. The van der Waals surface area contributed by atoms with Crippen LogP contribution in [0.2, 0.25) is 0 Å². The van der Waals surface area contributed by atoms with E-state index in [1.807, 2.05) is 19.2 Å². The molecule has 0 saturated carbocycles. The number of hydrogen-bond acceptors (Lipinski definition) is 4. The van der Waals surface area contributed by atoms with Gasteiger partial charge >= 0.3 is 0 Å². The second-order valence-corrected chi connectivity index (χ2v) is 5.88. The summed E-state index contributed by atoms with van der Waals surface area (Å²) in [5.41, 5.74) is 0.787. The Morgan fingerprint density at radius 1 is 1.39 bits per heavy atom. The molecule has 2 aromatic rings. The fraction of sp³-hybridized carbons (Fsp3) is 0.267. The molecule has 0 amide bonds. The molecule has 0 unspecified atom stereocenters. The van der Waals surface area contributed by atoms with Gasteiger partial charge in [0.05, 0.1) is 18.2 Å². The van der Waals surface area contributed by atoms with Crippen molar-refractivity contribution in [1.29, 1.82) is 5.26 Å². The lowest BCUT2D eigenvalue weighted by Gasteiger charge is -2.11. The number of nitriles is 1. The standard InChI is InChI=1S/C15H16FN5S.HI/c1-10-7-19-14(22-10)9-21-15(18-2)20-8-12-4-3-11(6-17)5-13(12)16;/h3-5,7H,8-9H2,1-2H3,(H2,18,20,21);1H. The van der Waals surface area contributed by atoms with Crippen molar-refractivity contribution in [2.45, 2.75) is 20.0 Å². The van der Waals surface area contributed by atoms with Crippen molar-refractivity contribution < 1.29 is 4.39 Å². The number of thiazole rings is 1. The summed E-state index contributed by atoms with van der Waals surface area (Å²) < 4.78 is 13.8. The van der Waals surface area contributed by atoms with Crippen LogP contribution < -0.4 is 10.6 Å². The molecule has 122 valence electrons. The minimum Gasteiger partial charge on any atom is -0.352 e. The van der Waals surface area contributed by atoms with Crippen molar-refractivity contribution >= 4 is 41.3 Å². The predicted octanol–water partition coefficient (Wildman–Crippen LogP) is 2.95. The first kappa shape index (κ1) is 19.3. The smallest absolute Gasteiger partial charge is 0.191 e. The maximum Gasteiger partial charge on any atom is 0.191 e. The van der Waals surface area contributed by atoms with Crippen LogP contribution >= 0.6 is 35.3 Å². The first-order chi connectivity index (χ1) is 10.6. The van der Waals surface area contributed by atoms with Crippen LogP contribution in [0.15, 0.2) is 29.4 Å². The van der Waals surface area contributed by atoms with Crippen molar-refractivity contribution in [3.63, 3.8) is 0 Å². The number of halogens is 2. The maximum absolute atomic E-state index is 13.8. The molecule has 1 aromatic carbocycles. The highest BCUT2D eigenvalue weighted by atomic mass is 127. The van der Waals surface area contributed by atoms with Crippen LogP contribution in [0.4, 0.5) is 4.39 Å². The van der Waals surface area contributed by atoms with E-state index < -0.39 is 5.82 Å². The van der Waals surface area contributed by atoms with Gasteiger partial charge in [-0.3, -0.25) is 4.99 Å². The molecule has 2 N–H and O–H groups in total. The van der Waals surface area contributed by atoms with E-state index in [4.69, 9.17) is 5.26 Å². The van der Waals surface area contributed by atoms with Gasteiger partial charge < -0.3 is 10.6 Å². The Kier molecular flexibility index (Phi) is 7.91. The van der Waals surface area contributed by atoms with Crippen LogP contribution in [0, 0.1) is 24.1 Å². The fourth-order valence-electron chi connectivity index (χ4n) is 1.80. The summed E-state index contributed by atoms with van der Waals surface area (Å²) >= 11 is 1.61. The van der Waals surface area contributed by atoms with E-state index in [0.29, 0.717) is 23.6 Å². The van der Waals surface area contributed by atoms with Crippen molar-refractivity contribution in [2.75, 3.05) is 7.05 Å². The predicted molar refractivity (Wildman–Crippen MR) is 100 cm³/mol. The minimum atomic E-state index is -0.405. The Morgan fingerprint density at radius 3 is 2.70 bits per heavy atom. The highest BCUT2D eigenvalue weighted by Gasteiger charge is 2.06. The van der Waals surface area contributed by atoms with Crippen LogP contribution in [0.25, 0.3) is 0 Å². The summed E-state index contributed by atoms with van der Waals surface area (Å²) in [6.07, 6.45) is 1.82. The maximum atomic E-state index is 13.8. The molecule has 5 nitrogen and oxygen atoms in total. The van der Waals surface area contributed by atoms with Gasteiger partial charge in [-0.1, -0.05) is 6.07 Å². The summed E-state index contributed by atoms with van der Waals surface area (Å²) in [5, 5.41) is 15.8.